The fourth-order valence-electron chi connectivity index (χ4n) is 3.95. The van der Waals surface area contributed by atoms with Crippen molar-refractivity contribution in [1.82, 2.24) is 4.90 Å². The Labute approximate surface area is 198 Å². The number of hydrogen-bond acceptors (Lipinski definition) is 6. The predicted molar refractivity (Wildman–Crippen MR) is 130 cm³/mol. The lowest BCUT2D eigenvalue weighted by Gasteiger charge is -2.21. The summed E-state index contributed by atoms with van der Waals surface area (Å²) in [5.74, 6) is -0.606. The van der Waals surface area contributed by atoms with Gasteiger partial charge in [0.1, 0.15) is 23.7 Å². The third-order valence-electron chi connectivity index (χ3n) is 5.76. The highest BCUT2D eigenvalue weighted by molar-refractivity contribution is 7.92. The molecule has 178 valence electrons. The van der Waals surface area contributed by atoms with Gasteiger partial charge in [-0.1, -0.05) is 44.2 Å². The molecule has 2 heterocycles. The second-order valence-electron chi connectivity index (χ2n) is 7.75. The van der Waals surface area contributed by atoms with E-state index in [0.717, 1.165) is 18.7 Å². The molecule has 0 radical (unpaired) electrons. The van der Waals surface area contributed by atoms with E-state index in [1.165, 1.54) is 18.4 Å². The van der Waals surface area contributed by atoms with Crippen LogP contribution in [0.4, 0.5) is 5.69 Å². The van der Waals surface area contributed by atoms with Crippen LogP contribution in [0.25, 0.3) is 17.2 Å². The van der Waals surface area contributed by atoms with Gasteiger partial charge in [-0.25, -0.2) is 13.2 Å². The molecule has 34 heavy (non-hydrogen) atoms. The molecular formula is C25H26N2O6S. The van der Waals surface area contributed by atoms with Gasteiger partial charge < -0.3 is 19.2 Å². The van der Waals surface area contributed by atoms with Gasteiger partial charge >= 0.3 is 5.97 Å². The molecule has 0 amide bonds. The third-order valence-corrected chi connectivity index (χ3v) is 7.20. The Hall–Kier alpha value is -3.56. The fraction of sp³-hybridized carbons (Fsp3) is 0.240. The summed E-state index contributed by atoms with van der Waals surface area (Å²) in [5, 5.41) is 9.90. The smallest absolute Gasteiger partial charge is 0.341 e. The second kappa shape index (κ2) is 9.74. The SMILES string of the molecule is CCN(CC)CC=Cc1ccccc1S(=O)(=O)Nc1ccc2c(c1C(=O)O)OCc1occc1-2. The minimum absolute atomic E-state index is 0.0536. The summed E-state index contributed by atoms with van der Waals surface area (Å²) in [6.07, 6.45) is 5.19. The van der Waals surface area contributed by atoms with E-state index in [-0.39, 0.29) is 28.5 Å². The number of furan rings is 1. The molecule has 1 aromatic heterocycles. The van der Waals surface area contributed by atoms with Gasteiger partial charge in [0.05, 0.1) is 16.8 Å². The molecule has 8 nitrogen and oxygen atoms in total. The second-order valence-corrected chi connectivity index (χ2v) is 9.40. The van der Waals surface area contributed by atoms with Crippen LogP contribution in [0.5, 0.6) is 5.75 Å². The highest BCUT2D eigenvalue weighted by Gasteiger charge is 2.29. The first-order valence-electron chi connectivity index (χ1n) is 11.0. The van der Waals surface area contributed by atoms with Crippen molar-refractivity contribution in [1.29, 1.82) is 0 Å². The topological polar surface area (TPSA) is 109 Å². The van der Waals surface area contributed by atoms with Crippen molar-refractivity contribution in [3.8, 4) is 16.9 Å². The highest BCUT2D eigenvalue weighted by Crippen LogP contribution is 2.43. The van der Waals surface area contributed by atoms with Crippen molar-refractivity contribution >= 4 is 27.8 Å². The molecule has 0 aliphatic carbocycles. The summed E-state index contributed by atoms with van der Waals surface area (Å²) in [6.45, 7) is 6.66. The van der Waals surface area contributed by atoms with Gasteiger partial charge in [-0.05, 0) is 42.9 Å². The van der Waals surface area contributed by atoms with E-state index in [1.54, 1.807) is 36.4 Å². The first kappa shape index (κ1) is 23.6. The summed E-state index contributed by atoms with van der Waals surface area (Å²) >= 11 is 0. The fourth-order valence-corrected chi connectivity index (χ4v) is 5.22. The molecule has 3 aromatic rings. The van der Waals surface area contributed by atoms with E-state index in [4.69, 9.17) is 9.15 Å². The molecule has 0 saturated heterocycles. The number of sulfonamides is 1. The molecule has 0 unspecified atom stereocenters. The molecule has 0 saturated carbocycles. The van der Waals surface area contributed by atoms with Gasteiger partial charge in [-0.15, -0.1) is 0 Å². The molecule has 2 aromatic carbocycles. The number of carbonyl (C=O) groups is 1. The molecule has 9 heteroatoms. The highest BCUT2D eigenvalue weighted by atomic mass is 32.2. The Morgan fingerprint density at radius 3 is 2.62 bits per heavy atom. The van der Waals surface area contributed by atoms with Crippen LogP contribution in [0.3, 0.4) is 0 Å². The average Bonchev–Trinajstić information content (AvgIpc) is 3.30. The standard InChI is InChI=1S/C25H26N2O6S/c1-3-27(4-2)14-7-9-17-8-5-6-10-22(17)34(30,31)26-20-12-11-19-18-13-15-32-21(18)16-33-24(19)23(20)25(28)29/h5-13,15,26H,3-4,14,16H2,1-2H3,(H,28,29). The first-order valence-corrected chi connectivity index (χ1v) is 12.4. The summed E-state index contributed by atoms with van der Waals surface area (Å²) in [4.78, 5) is 14.4. The maximum Gasteiger partial charge on any atom is 0.341 e. The molecular weight excluding hydrogens is 456 g/mol. The van der Waals surface area contributed by atoms with Crippen LogP contribution in [0.15, 0.2) is 64.1 Å². The summed E-state index contributed by atoms with van der Waals surface area (Å²) in [6, 6.07) is 11.4. The predicted octanol–water partition coefficient (Wildman–Crippen LogP) is 4.69. The number of aromatic carboxylic acids is 1. The number of fused-ring (bicyclic) bond motifs is 3. The zero-order valence-corrected chi connectivity index (χ0v) is 19.8. The Kier molecular flexibility index (Phi) is 6.76. The summed E-state index contributed by atoms with van der Waals surface area (Å²) < 4.78 is 40.1. The number of rotatable bonds is 9. The minimum Gasteiger partial charge on any atom is -0.484 e. The van der Waals surface area contributed by atoms with Crippen molar-refractivity contribution < 1.29 is 27.5 Å². The largest absolute Gasteiger partial charge is 0.484 e. The molecule has 0 fully saturated rings. The molecule has 0 spiro atoms. The number of nitrogens with one attached hydrogen (secondary N) is 1. The van der Waals surface area contributed by atoms with Gasteiger partial charge in [0.15, 0.2) is 0 Å². The Morgan fingerprint density at radius 2 is 1.88 bits per heavy atom. The number of anilines is 1. The van der Waals surface area contributed by atoms with Gasteiger partial charge in [0.2, 0.25) is 0 Å². The Bertz CT molecular complexity index is 1340. The van der Waals surface area contributed by atoms with Crippen LogP contribution < -0.4 is 9.46 Å². The Balaban J connectivity index is 1.69. The molecule has 2 N–H and O–H groups in total. The lowest BCUT2D eigenvalue weighted by Crippen LogP contribution is -2.22. The van der Waals surface area contributed by atoms with E-state index in [2.05, 4.69) is 23.5 Å². The van der Waals surface area contributed by atoms with Crippen molar-refractivity contribution in [2.24, 2.45) is 0 Å². The first-order chi connectivity index (χ1) is 16.4. The van der Waals surface area contributed by atoms with E-state index in [9.17, 15) is 18.3 Å². The summed E-state index contributed by atoms with van der Waals surface area (Å²) in [7, 11) is -4.09. The Morgan fingerprint density at radius 1 is 1.12 bits per heavy atom. The maximum atomic E-state index is 13.3. The lowest BCUT2D eigenvalue weighted by molar-refractivity contribution is 0.0692. The number of ether oxygens (including phenoxy) is 1. The number of benzene rings is 2. The van der Waals surface area contributed by atoms with Gasteiger partial charge in [0.25, 0.3) is 10.0 Å². The molecule has 4 rings (SSSR count). The zero-order chi connectivity index (χ0) is 24.3. The number of carboxylic acid groups (broad SMARTS) is 1. The number of nitrogens with zero attached hydrogens (tertiary/aromatic N) is 1. The monoisotopic (exact) mass is 482 g/mol. The summed E-state index contributed by atoms with van der Waals surface area (Å²) in [5.41, 5.74) is 1.45. The van der Waals surface area contributed by atoms with Gasteiger partial charge in [0, 0.05) is 17.7 Å². The van der Waals surface area contributed by atoms with Crippen LogP contribution in [0, 0.1) is 0 Å². The van der Waals surface area contributed by atoms with E-state index < -0.39 is 16.0 Å². The average molecular weight is 483 g/mol. The van der Waals surface area contributed by atoms with E-state index in [0.29, 0.717) is 23.4 Å². The van der Waals surface area contributed by atoms with Crippen molar-refractivity contribution in [3.63, 3.8) is 0 Å². The van der Waals surface area contributed by atoms with Crippen molar-refractivity contribution in [3.05, 3.63) is 71.7 Å². The van der Waals surface area contributed by atoms with Crippen LogP contribution in [-0.2, 0) is 16.6 Å². The molecule has 0 atom stereocenters. The van der Waals surface area contributed by atoms with Crippen LogP contribution >= 0.6 is 0 Å². The zero-order valence-electron chi connectivity index (χ0n) is 18.9. The van der Waals surface area contributed by atoms with Crippen molar-refractivity contribution in [2.45, 2.75) is 25.3 Å². The van der Waals surface area contributed by atoms with Crippen LogP contribution in [0.1, 0.15) is 35.5 Å². The van der Waals surface area contributed by atoms with E-state index >= 15 is 0 Å². The lowest BCUT2D eigenvalue weighted by atomic mass is 9.98. The molecule has 1 aliphatic heterocycles. The number of carboxylic acids is 1. The molecule has 0 bridgehead atoms. The van der Waals surface area contributed by atoms with E-state index in [1.807, 2.05) is 6.08 Å². The quantitative estimate of drug-likeness (QED) is 0.455. The van der Waals surface area contributed by atoms with Crippen LogP contribution in [0.2, 0.25) is 0 Å². The van der Waals surface area contributed by atoms with Crippen molar-refractivity contribution in [2.75, 3.05) is 24.4 Å². The van der Waals surface area contributed by atoms with Crippen LogP contribution in [-0.4, -0.2) is 44.0 Å². The van der Waals surface area contributed by atoms with Gasteiger partial charge in [-0.3, -0.25) is 4.72 Å². The normalized spacial score (nSPS) is 12.9. The van der Waals surface area contributed by atoms with Gasteiger partial charge in [-0.2, -0.15) is 0 Å². The maximum absolute atomic E-state index is 13.3. The number of likely N-dealkylation sites (N-methyl/N-ethyl adjacent to an activating group) is 1. The number of hydrogen-bond donors (Lipinski definition) is 2. The molecule has 1 aliphatic rings. The minimum atomic E-state index is -4.09. The third kappa shape index (κ3) is 4.57.